The number of aromatic nitrogens is 1. The van der Waals surface area contributed by atoms with Crippen molar-refractivity contribution in [3.63, 3.8) is 0 Å². The van der Waals surface area contributed by atoms with Crippen LogP contribution in [0.2, 0.25) is 0 Å². The van der Waals surface area contributed by atoms with E-state index in [1.165, 1.54) is 22.5 Å². The lowest BCUT2D eigenvalue weighted by molar-refractivity contribution is 0.0997. The van der Waals surface area contributed by atoms with Gasteiger partial charge in [0.25, 0.3) is 5.91 Å². The summed E-state index contributed by atoms with van der Waals surface area (Å²) in [7, 11) is 1.67. The number of carbonyl (C=O) groups is 1. The summed E-state index contributed by atoms with van der Waals surface area (Å²) in [6.07, 6.45) is 0. The molecule has 0 N–H and O–H groups in total. The Balaban J connectivity index is 1.66. The van der Waals surface area contributed by atoms with Gasteiger partial charge in [-0.25, -0.2) is 0 Å². The van der Waals surface area contributed by atoms with Crippen LogP contribution < -0.4 is 9.54 Å². The minimum absolute atomic E-state index is 0.279. The molecule has 0 aliphatic rings. The maximum Gasteiger partial charge on any atom is 0.279 e. The molecule has 6 heteroatoms. The van der Waals surface area contributed by atoms with Crippen LogP contribution in [-0.2, 0) is 11.3 Å². The third kappa shape index (κ3) is 4.76. The number of fused-ring (bicyclic) bond motifs is 1. The fourth-order valence-electron chi connectivity index (χ4n) is 3.51. The van der Waals surface area contributed by atoms with Crippen LogP contribution in [0.15, 0.2) is 71.7 Å². The Hall–Kier alpha value is -3.22. The number of hydrogen-bond donors (Lipinski definition) is 0. The molecule has 1 heterocycles. The van der Waals surface area contributed by atoms with E-state index in [1.807, 2.05) is 30.3 Å². The number of para-hydroxylation sites is 1. The highest BCUT2D eigenvalue weighted by molar-refractivity contribution is 7.16. The van der Waals surface area contributed by atoms with Crippen molar-refractivity contribution in [1.29, 1.82) is 0 Å². The molecule has 1 amide bonds. The second kappa shape index (κ2) is 9.29. The summed E-state index contributed by atoms with van der Waals surface area (Å²) in [6, 6.07) is 20.9. The number of hydrogen-bond acceptors (Lipinski definition) is 4. The number of carbonyl (C=O) groups excluding carboxylic acids is 1. The molecule has 4 rings (SSSR count). The molecule has 0 saturated carbocycles. The molecule has 0 aliphatic heterocycles. The monoisotopic (exact) mass is 432 g/mol. The summed E-state index contributed by atoms with van der Waals surface area (Å²) in [4.78, 5) is 18.0. The zero-order valence-corrected chi connectivity index (χ0v) is 18.6. The van der Waals surface area contributed by atoms with Gasteiger partial charge in [0.1, 0.15) is 11.5 Å². The number of ether oxygens (including phenoxy) is 2. The highest BCUT2D eigenvalue weighted by atomic mass is 32.1. The van der Waals surface area contributed by atoms with E-state index in [0.717, 1.165) is 16.0 Å². The molecule has 0 fully saturated rings. The van der Waals surface area contributed by atoms with E-state index in [2.05, 4.69) is 35.5 Å². The van der Waals surface area contributed by atoms with Crippen molar-refractivity contribution in [1.82, 2.24) is 4.57 Å². The van der Waals surface area contributed by atoms with E-state index in [-0.39, 0.29) is 5.91 Å². The number of benzene rings is 3. The lowest BCUT2D eigenvalue weighted by atomic mass is 10.1. The number of thiazole rings is 1. The SMILES string of the molecule is COCCn1c(=NC(=O)c2ccc(Oc3ccccc3)cc2)sc2cc(C)cc(C)c21. The predicted molar refractivity (Wildman–Crippen MR) is 124 cm³/mol. The Morgan fingerprint density at radius 2 is 1.71 bits per heavy atom. The lowest BCUT2D eigenvalue weighted by Gasteiger charge is -2.07. The molecule has 0 bridgehead atoms. The molecular formula is C25H24N2O3S. The third-order valence-electron chi connectivity index (χ3n) is 4.91. The molecule has 1 aromatic heterocycles. The van der Waals surface area contributed by atoms with Gasteiger partial charge in [0.05, 0.1) is 16.8 Å². The number of aryl methyl sites for hydroxylation is 2. The van der Waals surface area contributed by atoms with Crippen LogP contribution >= 0.6 is 11.3 Å². The van der Waals surface area contributed by atoms with Gasteiger partial charge < -0.3 is 14.0 Å². The average molecular weight is 433 g/mol. The van der Waals surface area contributed by atoms with E-state index in [1.54, 1.807) is 31.4 Å². The second-order valence-electron chi connectivity index (χ2n) is 7.31. The van der Waals surface area contributed by atoms with Gasteiger partial charge in [0.2, 0.25) is 0 Å². The van der Waals surface area contributed by atoms with Crippen molar-refractivity contribution in [2.45, 2.75) is 20.4 Å². The lowest BCUT2D eigenvalue weighted by Crippen LogP contribution is -2.19. The van der Waals surface area contributed by atoms with Crippen LogP contribution in [0.5, 0.6) is 11.5 Å². The molecule has 0 atom stereocenters. The van der Waals surface area contributed by atoms with Crippen molar-refractivity contribution in [3.05, 3.63) is 88.2 Å². The summed E-state index contributed by atoms with van der Waals surface area (Å²) < 4.78 is 14.3. The van der Waals surface area contributed by atoms with E-state index in [9.17, 15) is 4.79 Å². The summed E-state index contributed by atoms with van der Waals surface area (Å²) in [6.45, 7) is 5.34. The topological polar surface area (TPSA) is 52.8 Å². The van der Waals surface area contributed by atoms with Crippen LogP contribution in [-0.4, -0.2) is 24.2 Å². The minimum atomic E-state index is -0.279. The Morgan fingerprint density at radius 1 is 1.00 bits per heavy atom. The van der Waals surface area contributed by atoms with Crippen LogP contribution in [0.3, 0.4) is 0 Å². The standard InChI is InChI=1S/C25H24N2O3S/c1-17-15-18(2)23-22(16-17)31-25(27(23)13-14-29-3)26-24(28)19-9-11-21(12-10-19)30-20-7-5-4-6-8-20/h4-12,15-16H,13-14H2,1-3H3. The first-order valence-electron chi connectivity index (χ1n) is 10.1. The molecule has 0 radical (unpaired) electrons. The molecular weight excluding hydrogens is 408 g/mol. The van der Waals surface area contributed by atoms with Crippen molar-refractivity contribution in [3.8, 4) is 11.5 Å². The maximum absolute atomic E-state index is 12.9. The smallest absolute Gasteiger partial charge is 0.279 e. The summed E-state index contributed by atoms with van der Waals surface area (Å²) >= 11 is 1.53. The molecule has 158 valence electrons. The first kappa shape index (κ1) is 21.0. The van der Waals surface area contributed by atoms with Crippen LogP contribution in [0, 0.1) is 13.8 Å². The van der Waals surface area contributed by atoms with Crippen molar-refractivity contribution in [2.24, 2.45) is 4.99 Å². The van der Waals surface area contributed by atoms with Crippen molar-refractivity contribution < 1.29 is 14.3 Å². The van der Waals surface area contributed by atoms with Gasteiger partial charge >= 0.3 is 0 Å². The number of amides is 1. The number of rotatable bonds is 6. The van der Waals surface area contributed by atoms with Gasteiger partial charge in [-0.3, -0.25) is 4.79 Å². The van der Waals surface area contributed by atoms with Crippen LogP contribution in [0.1, 0.15) is 21.5 Å². The normalized spacial score (nSPS) is 11.8. The average Bonchev–Trinajstić information content (AvgIpc) is 3.10. The van der Waals surface area contributed by atoms with Gasteiger partial charge in [0.15, 0.2) is 4.80 Å². The quantitative estimate of drug-likeness (QED) is 0.404. The van der Waals surface area contributed by atoms with Crippen LogP contribution in [0.25, 0.3) is 10.2 Å². The first-order valence-corrected chi connectivity index (χ1v) is 10.9. The van der Waals surface area contributed by atoms with Crippen molar-refractivity contribution in [2.75, 3.05) is 13.7 Å². The van der Waals surface area contributed by atoms with Gasteiger partial charge in [-0.15, -0.1) is 0 Å². The third-order valence-corrected chi connectivity index (χ3v) is 5.93. The van der Waals surface area contributed by atoms with Gasteiger partial charge in [-0.2, -0.15) is 4.99 Å². The molecule has 0 aliphatic carbocycles. The number of methoxy groups -OCH3 is 1. The van der Waals surface area contributed by atoms with E-state index >= 15 is 0 Å². The molecule has 31 heavy (non-hydrogen) atoms. The Morgan fingerprint density at radius 3 is 2.42 bits per heavy atom. The zero-order valence-electron chi connectivity index (χ0n) is 17.8. The fourth-order valence-corrected chi connectivity index (χ4v) is 4.74. The Kier molecular flexibility index (Phi) is 6.30. The van der Waals surface area contributed by atoms with Gasteiger partial charge in [0, 0.05) is 19.2 Å². The number of nitrogens with zero attached hydrogens (tertiary/aromatic N) is 2. The van der Waals surface area contributed by atoms with Gasteiger partial charge in [-0.1, -0.05) is 35.6 Å². The first-order chi connectivity index (χ1) is 15.0. The highest BCUT2D eigenvalue weighted by Crippen LogP contribution is 2.24. The molecule has 0 spiro atoms. The van der Waals surface area contributed by atoms with E-state index < -0.39 is 0 Å². The Bertz CT molecular complexity index is 1270. The van der Waals surface area contributed by atoms with Crippen LogP contribution in [0.4, 0.5) is 0 Å². The summed E-state index contributed by atoms with van der Waals surface area (Å²) in [5.74, 6) is 1.14. The Labute approximate surface area is 185 Å². The molecule has 3 aromatic carbocycles. The molecule has 0 unspecified atom stereocenters. The summed E-state index contributed by atoms with van der Waals surface area (Å²) in [5, 5.41) is 0. The minimum Gasteiger partial charge on any atom is -0.457 e. The maximum atomic E-state index is 12.9. The molecule has 0 saturated heterocycles. The summed E-state index contributed by atoms with van der Waals surface area (Å²) in [5.41, 5.74) is 3.98. The van der Waals surface area contributed by atoms with E-state index in [4.69, 9.17) is 9.47 Å². The zero-order chi connectivity index (χ0) is 21.8. The highest BCUT2D eigenvalue weighted by Gasteiger charge is 2.12. The predicted octanol–water partition coefficient (Wildman–Crippen LogP) is 5.50. The fraction of sp³-hybridized carbons (Fsp3) is 0.200. The second-order valence-corrected chi connectivity index (χ2v) is 8.32. The molecule has 4 aromatic rings. The van der Waals surface area contributed by atoms with Crippen molar-refractivity contribution >= 4 is 27.5 Å². The van der Waals surface area contributed by atoms with Gasteiger partial charge in [-0.05, 0) is 67.4 Å². The van der Waals surface area contributed by atoms with E-state index in [0.29, 0.717) is 29.3 Å². The largest absolute Gasteiger partial charge is 0.457 e. The molecule has 5 nitrogen and oxygen atoms in total.